The van der Waals surface area contributed by atoms with E-state index in [2.05, 4.69) is 42.8 Å². The van der Waals surface area contributed by atoms with Crippen LogP contribution >= 0.6 is 0 Å². The van der Waals surface area contributed by atoms with Gasteiger partial charge in [-0.1, -0.05) is 24.8 Å². The summed E-state index contributed by atoms with van der Waals surface area (Å²) in [7, 11) is 1.82. The number of alkyl halides is 3. The summed E-state index contributed by atoms with van der Waals surface area (Å²) >= 11 is 0. The Kier molecular flexibility index (Phi) is 12.6. The van der Waals surface area contributed by atoms with Gasteiger partial charge < -0.3 is 31.0 Å². The summed E-state index contributed by atoms with van der Waals surface area (Å²) in [6, 6.07) is 0.906. The molecule has 5 rings (SSSR count). The van der Waals surface area contributed by atoms with Gasteiger partial charge in [-0.3, -0.25) is 14.6 Å². The highest BCUT2D eigenvalue weighted by molar-refractivity contribution is 6.12. The Morgan fingerprint density at radius 3 is 2.65 bits per heavy atom. The van der Waals surface area contributed by atoms with Crippen molar-refractivity contribution in [2.45, 2.75) is 71.2 Å². The van der Waals surface area contributed by atoms with E-state index in [-0.39, 0.29) is 55.8 Å². The molecule has 4 heterocycles. The summed E-state index contributed by atoms with van der Waals surface area (Å²) in [5, 5.41) is 8.90. The van der Waals surface area contributed by atoms with Gasteiger partial charge in [0.25, 0.3) is 5.91 Å². The number of fused-ring (bicyclic) bond motifs is 1. The number of halogens is 3. The first-order valence-electron chi connectivity index (χ1n) is 18.1. The average molecular weight is 752 g/mol. The van der Waals surface area contributed by atoms with Crippen molar-refractivity contribution in [2.75, 3.05) is 39.3 Å². The summed E-state index contributed by atoms with van der Waals surface area (Å²) in [4.78, 5) is 53.4. The number of ether oxygens (including phenoxy) is 1. The summed E-state index contributed by atoms with van der Waals surface area (Å²) < 4.78 is 49.1. The quantitative estimate of drug-likeness (QED) is 0.210. The van der Waals surface area contributed by atoms with Gasteiger partial charge in [0.15, 0.2) is 0 Å². The highest BCUT2D eigenvalue weighted by Crippen LogP contribution is 2.34. The lowest BCUT2D eigenvalue weighted by Crippen LogP contribution is -2.44. The number of carbonyl (C=O) groups excluding carboxylic acids is 3. The van der Waals surface area contributed by atoms with Crippen LogP contribution in [0.15, 0.2) is 56.1 Å². The second kappa shape index (κ2) is 17.0. The van der Waals surface area contributed by atoms with Crippen molar-refractivity contribution in [3.05, 3.63) is 58.1 Å². The minimum atomic E-state index is -4.55. The highest BCUT2D eigenvalue weighted by atomic mass is 19.4. The summed E-state index contributed by atoms with van der Waals surface area (Å²) in [5.41, 5.74) is 7.62. The number of guanidine groups is 1. The van der Waals surface area contributed by atoms with Crippen LogP contribution in [0.5, 0.6) is 0 Å². The maximum Gasteiger partial charge on any atom is 0.417 e. The van der Waals surface area contributed by atoms with Crippen LogP contribution in [0.2, 0.25) is 0 Å². The van der Waals surface area contributed by atoms with Crippen molar-refractivity contribution in [1.82, 2.24) is 25.4 Å². The van der Waals surface area contributed by atoms with E-state index in [4.69, 9.17) is 10.5 Å². The number of hydrogen-bond acceptors (Lipinski definition) is 10. The second-order valence-corrected chi connectivity index (χ2v) is 14.5. The number of nitrogens with two attached hydrogens (primary N) is 1. The topological polar surface area (TPSA) is 168 Å². The van der Waals surface area contributed by atoms with Gasteiger partial charge in [0.1, 0.15) is 5.60 Å². The zero-order chi connectivity index (χ0) is 39.2. The molecule has 0 fully saturated rings. The zero-order valence-electron chi connectivity index (χ0n) is 31.3. The van der Waals surface area contributed by atoms with Crippen LogP contribution in [0, 0.1) is 23.7 Å². The van der Waals surface area contributed by atoms with Crippen LogP contribution < -0.4 is 21.7 Å². The molecular weight excluding hydrogens is 703 g/mol. The van der Waals surface area contributed by atoms with E-state index in [1.54, 1.807) is 39.3 Å². The van der Waals surface area contributed by atoms with Crippen LogP contribution in [0.1, 0.15) is 68.7 Å². The van der Waals surface area contributed by atoms with E-state index >= 15 is 0 Å². The van der Waals surface area contributed by atoms with Gasteiger partial charge in [-0.2, -0.15) is 13.2 Å². The largest absolute Gasteiger partial charge is 0.443 e. The van der Waals surface area contributed by atoms with Gasteiger partial charge in [-0.25, -0.2) is 19.7 Å². The lowest BCUT2D eigenvalue weighted by atomic mass is 9.92. The lowest BCUT2D eigenvalue weighted by Gasteiger charge is -2.28. The lowest BCUT2D eigenvalue weighted by molar-refractivity contribution is -0.122. The normalized spacial score (nSPS) is 21.5. The molecule has 0 aromatic carbocycles. The van der Waals surface area contributed by atoms with Crippen LogP contribution in [0.3, 0.4) is 0 Å². The van der Waals surface area contributed by atoms with Crippen LogP contribution in [0.25, 0.3) is 0 Å². The molecular formula is C38H48F3N9O4. The Morgan fingerprint density at radius 1 is 1.17 bits per heavy atom. The number of nitrogens with one attached hydrogen (secondary N) is 3. The van der Waals surface area contributed by atoms with Crippen LogP contribution in [-0.2, 0) is 23.0 Å². The van der Waals surface area contributed by atoms with Gasteiger partial charge in [-0.05, 0) is 57.9 Å². The number of amides is 3. The number of allylic oxidation sites excluding steroid dienone is 1. The smallest absolute Gasteiger partial charge is 0.417 e. The minimum Gasteiger partial charge on any atom is -0.443 e. The fraction of sp³-hybridized carbons (Fsp3) is 0.526. The van der Waals surface area contributed by atoms with Crippen molar-refractivity contribution >= 4 is 35.8 Å². The first-order chi connectivity index (χ1) is 25.5. The summed E-state index contributed by atoms with van der Waals surface area (Å²) in [6.45, 7) is 9.61. The molecule has 0 bridgehead atoms. The maximum absolute atomic E-state index is 13.9. The van der Waals surface area contributed by atoms with E-state index in [1.165, 1.54) is 6.08 Å². The molecule has 5 N–H and O–H groups in total. The fourth-order valence-electron chi connectivity index (χ4n) is 6.60. The average Bonchev–Trinajstić information content (AvgIpc) is 3.43. The number of aliphatic imine (C=N–C) groups is 3. The highest BCUT2D eigenvalue weighted by Gasteiger charge is 2.38. The Morgan fingerprint density at radius 2 is 1.93 bits per heavy atom. The number of rotatable bonds is 10. The van der Waals surface area contributed by atoms with Crippen molar-refractivity contribution in [3.63, 3.8) is 0 Å². The Labute approximate surface area is 313 Å². The summed E-state index contributed by atoms with van der Waals surface area (Å²) in [6.07, 6.45) is 1.74. The van der Waals surface area contributed by atoms with E-state index in [0.717, 1.165) is 23.2 Å². The monoisotopic (exact) mass is 751 g/mol. The predicted octanol–water partition coefficient (Wildman–Crippen LogP) is 3.56. The molecule has 0 radical (unpaired) electrons. The SMILES string of the molecule is CCNCCNCC1=CCC(NC(=O)CC2C=NC=C(C#CC3CN=C(N)N=C3c3cc4c(n3C)CCN(C(=O)OC(C)(C)C)C4=O)C2)C=C1C(F)(F)F. The van der Waals surface area contributed by atoms with Gasteiger partial charge in [-0.15, -0.1) is 0 Å². The molecule has 0 saturated heterocycles. The molecule has 0 spiro atoms. The van der Waals surface area contributed by atoms with Crippen LogP contribution in [-0.4, -0.2) is 102 Å². The first kappa shape index (κ1) is 40.2. The maximum atomic E-state index is 13.9. The number of hydrogen-bond donors (Lipinski definition) is 4. The zero-order valence-corrected chi connectivity index (χ0v) is 31.3. The molecule has 1 aromatic heterocycles. The second-order valence-electron chi connectivity index (χ2n) is 14.5. The van der Waals surface area contributed by atoms with Crippen molar-refractivity contribution in [3.8, 4) is 11.8 Å². The van der Waals surface area contributed by atoms with Crippen LogP contribution in [0.4, 0.5) is 18.0 Å². The van der Waals surface area contributed by atoms with Crippen molar-refractivity contribution < 1.29 is 32.3 Å². The molecule has 1 aliphatic carbocycles. The Balaban J connectivity index is 1.21. The summed E-state index contributed by atoms with van der Waals surface area (Å²) in [5.74, 6) is 4.81. The molecule has 290 valence electrons. The van der Waals surface area contributed by atoms with Gasteiger partial charge >= 0.3 is 12.3 Å². The van der Waals surface area contributed by atoms with Crippen molar-refractivity contribution in [1.29, 1.82) is 0 Å². The Hall–Kier alpha value is -5.01. The van der Waals surface area contributed by atoms with Gasteiger partial charge in [0.05, 0.1) is 41.0 Å². The molecule has 3 aliphatic heterocycles. The third-order valence-corrected chi connectivity index (χ3v) is 9.17. The predicted molar refractivity (Wildman–Crippen MR) is 200 cm³/mol. The van der Waals surface area contributed by atoms with E-state index in [9.17, 15) is 27.6 Å². The molecule has 54 heavy (non-hydrogen) atoms. The van der Waals surface area contributed by atoms with Gasteiger partial charge in [0.2, 0.25) is 11.9 Å². The number of imide groups is 1. The van der Waals surface area contributed by atoms with Crippen molar-refractivity contribution in [2.24, 2.45) is 39.6 Å². The molecule has 3 amide bonds. The molecule has 16 heteroatoms. The molecule has 1 aromatic rings. The van der Waals surface area contributed by atoms with Gasteiger partial charge in [0, 0.05) is 75.7 Å². The Bertz CT molecular complexity index is 1890. The van der Waals surface area contributed by atoms with E-state index in [1.807, 2.05) is 18.5 Å². The standard InChI is InChI=1S/C38H48F3N9O4/c1-6-43-12-13-44-21-25-9-10-27(17-29(25)38(39,40)41)47-32(51)16-24-15-23(19-45-20-24)7-8-26-22-46-35(42)48-33(26)31-18-28-30(49(31)5)11-14-50(34(28)52)36(53)54-37(2,3)4/h9,17-20,24,26-27,43-44H,6,10-16,21-22H2,1-5H3,(H2,42,46)(H,47,51). The van der Waals surface area contributed by atoms with E-state index in [0.29, 0.717) is 48.5 Å². The number of carbonyl (C=O) groups is 3. The minimum absolute atomic E-state index is 0.0248. The first-order valence-corrected chi connectivity index (χ1v) is 18.1. The molecule has 3 unspecified atom stereocenters. The molecule has 4 aliphatic rings. The molecule has 0 saturated carbocycles. The number of aromatic nitrogens is 1. The fourth-order valence-corrected chi connectivity index (χ4v) is 6.60. The van der Waals surface area contributed by atoms with E-state index < -0.39 is 41.3 Å². The molecule has 13 nitrogen and oxygen atoms in total. The molecule has 3 atom stereocenters. The number of likely N-dealkylation sites (N-methyl/N-ethyl adjacent to an activating group) is 1. The third kappa shape index (κ3) is 10.1. The number of nitrogens with zero attached hydrogens (tertiary/aromatic N) is 5. The third-order valence-electron chi connectivity index (χ3n) is 9.17.